The van der Waals surface area contributed by atoms with Gasteiger partial charge in [-0.3, -0.25) is 0 Å². The Kier molecular flexibility index (Phi) is 1.99. The Labute approximate surface area is 61.4 Å². The lowest BCUT2D eigenvalue weighted by atomic mass is 9.81. The molecule has 1 rings (SSSR count). The van der Waals surface area contributed by atoms with Crippen LogP contribution in [0.3, 0.4) is 0 Å². The minimum atomic E-state index is -0.574. The van der Waals surface area contributed by atoms with E-state index in [0.29, 0.717) is 6.42 Å². The number of hydrogen-bond acceptors (Lipinski definition) is 3. The molecule has 0 heterocycles. The Morgan fingerprint density at radius 2 is 2.00 bits per heavy atom. The molecule has 1 aliphatic rings. The second-order valence-electron chi connectivity index (χ2n) is 3.57. The summed E-state index contributed by atoms with van der Waals surface area (Å²) in [6.07, 6.45) is 2.25. The number of rotatable bonds is 0. The summed E-state index contributed by atoms with van der Waals surface area (Å²) in [7, 11) is 0. The molecule has 60 valence electrons. The van der Waals surface area contributed by atoms with Gasteiger partial charge in [-0.05, 0) is 26.2 Å². The van der Waals surface area contributed by atoms with Gasteiger partial charge in [0, 0.05) is 12.1 Å². The van der Waals surface area contributed by atoms with Gasteiger partial charge in [-0.1, -0.05) is 0 Å². The summed E-state index contributed by atoms with van der Waals surface area (Å²) in [5, 5.41) is 9.53. The molecule has 0 bridgehead atoms. The van der Waals surface area contributed by atoms with E-state index >= 15 is 0 Å². The van der Waals surface area contributed by atoms with Crippen LogP contribution in [0.15, 0.2) is 0 Å². The molecule has 1 saturated carbocycles. The molecule has 3 heteroatoms. The average Bonchev–Trinajstić information content (AvgIpc) is 1.79. The highest BCUT2D eigenvalue weighted by Crippen LogP contribution is 2.25. The normalized spacial score (nSPS) is 49.2. The Morgan fingerprint density at radius 3 is 2.40 bits per heavy atom. The third-order valence-electron chi connectivity index (χ3n) is 2.24. The maximum absolute atomic E-state index is 9.53. The van der Waals surface area contributed by atoms with Gasteiger partial charge in [-0.2, -0.15) is 0 Å². The van der Waals surface area contributed by atoms with Crippen molar-refractivity contribution in [1.29, 1.82) is 0 Å². The smallest absolute Gasteiger partial charge is 0.0635 e. The molecular formula is C7H16N2O. The zero-order chi connectivity index (χ0) is 7.78. The van der Waals surface area contributed by atoms with Crippen LogP contribution in [0.2, 0.25) is 0 Å². The Bertz CT molecular complexity index is 125. The predicted molar refractivity (Wildman–Crippen MR) is 40.4 cm³/mol. The lowest BCUT2D eigenvalue weighted by molar-refractivity contribution is 0.0103. The van der Waals surface area contributed by atoms with Gasteiger partial charge in [0.2, 0.25) is 0 Å². The third kappa shape index (κ3) is 1.68. The third-order valence-corrected chi connectivity index (χ3v) is 2.24. The van der Waals surface area contributed by atoms with Crippen molar-refractivity contribution in [1.82, 2.24) is 0 Å². The van der Waals surface area contributed by atoms with E-state index in [-0.39, 0.29) is 12.1 Å². The van der Waals surface area contributed by atoms with Crippen molar-refractivity contribution in [2.45, 2.75) is 43.9 Å². The van der Waals surface area contributed by atoms with Gasteiger partial charge in [0.05, 0.1) is 5.60 Å². The van der Waals surface area contributed by atoms with Crippen LogP contribution < -0.4 is 11.5 Å². The van der Waals surface area contributed by atoms with E-state index in [1.165, 1.54) is 0 Å². The van der Waals surface area contributed by atoms with Gasteiger partial charge in [-0.15, -0.1) is 0 Å². The first-order chi connectivity index (χ1) is 4.51. The van der Waals surface area contributed by atoms with Crippen LogP contribution in [0, 0.1) is 0 Å². The van der Waals surface area contributed by atoms with Gasteiger partial charge in [0.15, 0.2) is 0 Å². The first kappa shape index (κ1) is 7.98. The highest BCUT2D eigenvalue weighted by molar-refractivity contribution is 4.91. The molecule has 0 aliphatic heterocycles. The number of aliphatic hydroxyl groups is 1. The van der Waals surface area contributed by atoms with Crippen LogP contribution in [0.5, 0.6) is 0 Å². The first-order valence-corrected chi connectivity index (χ1v) is 3.75. The largest absolute Gasteiger partial charge is 0.390 e. The second-order valence-corrected chi connectivity index (χ2v) is 3.57. The first-order valence-electron chi connectivity index (χ1n) is 3.75. The molecule has 0 aromatic carbocycles. The standard InChI is InChI=1S/C7H16N2O/c1-7(10)3-2-5(8)6(9)4-7/h5-6,10H,2-4,8-9H2,1H3/t5?,6-,7?/m0/s1. The molecule has 5 N–H and O–H groups in total. The van der Waals surface area contributed by atoms with Gasteiger partial charge in [0.25, 0.3) is 0 Å². The van der Waals surface area contributed by atoms with Gasteiger partial charge >= 0.3 is 0 Å². The molecule has 0 aromatic heterocycles. The Balaban J connectivity index is 2.49. The SMILES string of the molecule is CC1(O)CCC(N)[C@@H](N)C1. The average molecular weight is 144 g/mol. The molecule has 0 amide bonds. The summed E-state index contributed by atoms with van der Waals surface area (Å²) >= 11 is 0. The van der Waals surface area contributed by atoms with Crippen molar-refractivity contribution < 1.29 is 5.11 Å². The van der Waals surface area contributed by atoms with Gasteiger partial charge in [0.1, 0.15) is 0 Å². The summed E-state index contributed by atoms with van der Waals surface area (Å²) in [6, 6.07) is 0.0592. The molecule has 1 aliphatic carbocycles. The van der Waals surface area contributed by atoms with Crippen molar-refractivity contribution in [3.05, 3.63) is 0 Å². The monoisotopic (exact) mass is 144 g/mol. The molecular weight excluding hydrogens is 128 g/mol. The zero-order valence-electron chi connectivity index (χ0n) is 6.38. The van der Waals surface area contributed by atoms with Crippen LogP contribution in [0.1, 0.15) is 26.2 Å². The van der Waals surface area contributed by atoms with E-state index in [4.69, 9.17) is 11.5 Å². The second kappa shape index (κ2) is 2.49. The molecule has 3 atom stereocenters. The van der Waals surface area contributed by atoms with E-state index < -0.39 is 5.60 Å². The quantitative estimate of drug-likeness (QED) is 0.432. The molecule has 3 nitrogen and oxygen atoms in total. The summed E-state index contributed by atoms with van der Waals surface area (Å²) in [4.78, 5) is 0. The summed E-state index contributed by atoms with van der Waals surface area (Å²) in [5.41, 5.74) is 10.8. The van der Waals surface area contributed by atoms with Crippen molar-refractivity contribution >= 4 is 0 Å². The van der Waals surface area contributed by atoms with E-state index in [1.807, 2.05) is 6.92 Å². The molecule has 0 saturated heterocycles. The van der Waals surface area contributed by atoms with Crippen molar-refractivity contribution in [3.63, 3.8) is 0 Å². The fraction of sp³-hybridized carbons (Fsp3) is 1.00. The van der Waals surface area contributed by atoms with Gasteiger partial charge in [-0.25, -0.2) is 0 Å². The predicted octanol–water partition coefficient (Wildman–Crippen LogP) is -0.424. The van der Waals surface area contributed by atoms with Crippen LogP contribution in [0.25, 0.3) is 0 Å². The molecule has 1 fully saturated rings. The number of hydrogen-bond donors (Lipinski definition) is 3. The molecule has 0 aromatic rings. The summed E-state index contributed by atoms with van der Waals surface area (Å²) in [6.45, 7) is 1.82. The lowest BCUT2D eigenvalue weighted by Gasteiger charge is -2.35. The van der Waals surface area contributed by atoms with Crippen LogP contribution in [-0.4, -0.2) is 22.8 Å². The maximum atomic E-state index is 9.53. The summed E-state index contributed by atoms with van der Waals surface area (Å²) < 4.78 is 0. The highest BCUT2D eigenvalue weighted by atomic mass is 16.3. The van der Waals surface area contributed by atoms with E-state index in [9.17, 15) is 5.11 Å². The van der Waals surface area contributed by atoms with E-state index in [2.05, 4.69) is 0 Å². The van der Waals surface area contributed by atoms with E-state index in [0.717, 1.165) is 12.8 Å². The fourth-order valence-corrected chi connectivity index (χ4v) is 1.45. The summed E-state index contributed by atoms with van der Waals surface area (Å²) in [5.74, 6) is 0. The minimum absolute atomic E-state index is 0.0243. The van der Waals surface area contributed by atoms with Crippen molar-refractivity contribution in [2.24, 2.45) is 11.5 Å². The van der Waals surface area contributed by atoms with Crippen LogP contribution in [-0.2, 0) is 0 Å². The van der Waals surface area contributed by atoms with Crippen LogP contribution in [0.4, 0.5) is 0 Å². The van der Waals surface area contributed by atoms with Crippen molar-refractivity contribution in [2.75, 3.05) is 0 Å². The van der Waals surface area contributed by atoms with Gasteiger partial charge < -0.3 is 16.6 Å². The minimum Gasteiger partial charge on any atom is -0.390 e. The molecule has 0 spiro atoms. The molecule has 10 heavy (non-hydrogen) atoms. The molecule has 2 unspecified atom stereocenters. The van der Waals surface area contributed by atoms with E-state index in [1.54, 1.807) is 0 Å². The topological polar surface area (TPSA) is 72.3 Å². The number of nitrogens with two attached hydrogens (primary N) is 2. The Hall–Kier alpha value is -0.120. The van der Waals surface area contributed by atoms with Crippen molar-refractivity contribution in [3.8, 4) is 0 Å². The zero-order valence-corrected chi connectivity index (χ0v) is 6.38. The molecule has 0 radical (unpaired) electrons. The van der Waals surface area contributed by atoms with Crippen LogP contribution >= 0.6 is 0 Å². The lowest BCUT2D eigenvalue weighted by Crippen LogP contribution is -2.51. The maximum Gasteiger partial charge on any atom is 0.0635 e. The highest BCUT2D eigenvalue weighted by Gasteiger charge is 2.32. The fourth-order valence-electron chi connectivity index (χ4n) is 1.45. The Morgan fingerprint density at radius 1 is 1.40 bits per heavy atom.